The van der Waals surface area contributed by atoms with E-state index in [4.69, 9.17) is 0 Å². The lowest BCUT2D eigenvalue weighted by atomic mass is 10.2. The number of nitrogens with zero attached hydrogens (tertiary/aromatic N) is 3. The first kappa shape index (κ1) is 10.0. The molecular weight excluding hydrogens is 266 g/mol. The third-order valence-corrected chi connectivity index (χ3v) is 3.40. The van der Waals surface area contributed by atoms with Crippen molar-refractivity contribution in [2.45, 2.75) is 25.8 Å². The standard InChI is InChI=1S/C12H12BrN3/c13-10-6-4-9(5-7-10)12-14-11-3-1-2-8-16(11)15-12/h4-7H,1-3,8H2. The Kier molecular flexibility index (Phi) is 2.52. The van der Waals surface area contributed by atoms with Crippen molar-refractivity contribution < 1.29 is 0 Å². The molecule has 0 N–H and O–H groups in total. The second-order valence-corrected chi connectivity index (χ2v) is 4.95. The van der Waals surface area contributed by atoms with Gasteiger partial charge in [-0.25, -0.2) is 9.67 Å². The van der Waals surface area contributed by atoms with Crippen molar-refractivity contribution in [2.75, 3.05) is 0 Å². The second kappa shape index (κ2) is 4.01. The maximum atomic E-state index is 4.59. The molecule has 0 unspecified atom stereocenters. The highest BCUT2D eigenvalue weighted by Gasteiger charge is 2.14. The Balaban J connectivity index is 2.00. The predicted octanol–water partition coefficient (Wildman–Crippen LogP) is 3.04. The summed E-state index contributed by atoms with van der Waals surface area (Å²) in [4.78, 5) is 4.59. The van der Waals surface area contributed by atoms with Crippen molar-refractivity contribution >= 4 is 15.9 Å². The third-order valence-electron chi connectivity index (χ3n) is 2.87. The zero-order valence-corrected chi connectivity index (χ0v) is 10.4. The lowest BCUT2D eigenvalue weighted by Crippen LogP contribution is -2.11. The normalized spacial score (nSPS) is 14.8. The van der Waals surface area contributed by atoms with Gasteiger partial charge in [0.25, 0.3) is 0 Å². The molecule has 2 heterocycles. The molecule has 0 aliphatic carbocycles. The van der Waals surface area contributed by atoms with Gasteiger partial charge in [0.1, 0.15) is 5.82 Å². The van der Waals surface area contributed by atoms with Crippen LogP contribution >= 0.6 is 15.9 Å². The minimum absolute atomic E-state index is 0.851. The molecule has 2 aromatic rings. The zero-order chi connectivity index (χ0) is 11.0. The molecule has 4 heteroatoms. The van der Waals surface area contributed by atoms with E-state index in [1.54, 1.807) is 0 Å². The molecule has 0 atom stereocenters. The van der Waals surface area contributed by atoms with E-state index in [1.165, 1.54) is 12.8 Å². The van der Waals surface area contributed by atoms with Crippen LogP contribution in [-0.4, -0.2) is 14.8 Å². The maximum absolute atomic E-state index is 4.59. The van der Waals surface area contributed by atoms with Crippen molar-refractivity contribution in [3.8, 4) is 11.4 Å². The molecule has 0 saturated carbocycles. The van der Waals surface area contributed by atoms with Crippen LogP contribution in [0.4, 0.5) is 0 Å². The average Bonchev–Trinajstić information content (AvgIpc) is 2.73. The lowest BCUT2D eigenvalue weighted by Gasteiger charge is -2.09. The van der Waals surface area contributed by atoms with E-state index in [-0.39, 0.29) is 0 Å². The summed E-state index contributed by atoms with van der Waals surface area (Å²) < 4.78 is 3.13. The summed E-state index contributed by atoms with van der Waals surface area (Å²) in [5, 5.41) is 4.54. The van der Waals surface area contributed by atoms with Crippen LogP contribution in [0.3, 0.4) is 0 Å². The van der Waals surface area contributed by atoms with E-state index in [0.29, 0.717) is 0 Å². The van der Waals surface area contributed by atoms with Crippen LogP contribution in [0.1, 0.15) is 18.7 Å². The molecule has 1 aromatic heterocycles. The van der Waals surface area contributed by atoms with Crippen molar-refractivity contribution in [1.82, 2.24) is 14.8 Å². The van der Waals surface area contributed by atoms with Gasteiger partial charge in [0, 0.05) is 23.0 Å². The molecule has 82 valence electrons. The number of aryl methyl sites for hydroxylation is 2. The lowest BCUT2D eigenvalue weighted by molar-refractivity contribution is 0.480. The van der Waals surface area contributed by atoms with Crippen LogP contribution in [0.25, 0.3) is 11.4 Å². The van der Waals surface area contributed by atoms with Gasteiger partial charge in [0.15, 0.2) is 5.82 Å². The van der Waals surface area contributed by atoms with Crippen LogP contribution in [0.5, 0.6) is 0 Å². The van der Waals surface area contributed by atoms with Gasteiger partial charge in [-0.1, -0.05) is 28.1 Å². The minimum atomic E-state index is 0.851. The van der Waals surface area contributed by atoms with Gasteiger partial charge in [-0.3, -0.25) is 0 Å². The molecule has 3 nitrogen and oxygen atoms in total. The van der Waals surface area contributed by atoms with Gasteiger partial charge < -0.3 is 0 Å². The fourth-order valence-corrected chi connectivity index (χ4v) is 2.27. The van der Waals surface area contributed by atoms with Crippen molar-refractivity contribution in [2.24, 2.45) is 0 Å². The summed E-state index contributed by atoms with van der Waals surface area (Å²) in [6.45, 7) is 1.01. The van der Waals surface area contributed by atoms with E-state index in [2.05, 4.69) is 26.0 Å². The van der Waals surface area contributed by atoms with E-state index >= 15 is 0 Å². The molecule has 0 saturated heterocycles. The summed E-state index contributed by atoms with van der Waals surface area (Å²) in [5.74, 6) is 1.98. The van der Waals surface area contributed by atoms with Crippen LogP contribution in [-0.2, 0) is 13.0 Å². The number of hydrogen-bond acceptors (Lipinski definition) is 2. The molecule has 3 rings (SSSR count). The van der Waals surface area contributed by atoms with Crippen LogP contribution in [0.2, 0.25) is 0 Å². The smallest absolute Gasteiger partial charge is 0.181 e. The maximum Gasteiger partial charge on any atom is 0.181 e. The summed E-state index contributed by atoms with van der Waals surface area (Å²) in [6, 6.07) is 8.14. The molecule has 0 amide bonds. The Morgan fingerprint density at radius 3 is 2.69 bits per heavy atom. The molecule has 0 bridgehead atoms. The van der Waals surface area contributed by atoms with Crippen molar-refractivity contribution in [3.05, 3.63) is 34.6 Å². The van der Waals surface area contributed by atoms with E-state index in [9.17, 15) is 0 Å². The number of aromatic nitrogens is 3. The highest BCUT2D eigenvalue weighted by atomic mass is 79.9. The number of fused-ring (bicyclic) bond motifs is 1. The molecule has 1 aliphatic heterocycles. The van der Waals surface area contributed by atoms with Crippen LogP contribution < -0.4 is 0 Å². The average molecular weight is 278 g/mol. The molecule has 0 spiro atoms. The fourth-order valence-electron chi connectivity index (χ4n) is 2.00. The first-order valence-electron chi connectivity index (χ1n) is 5.52. The van der Waals surface area contributed by atoms with Gasteiger partial charge in [-0.05, 0) is 25.0 Å². The molecular formula is C12H12BrN3. The molecule has 0 fully saturated rings. The Labute approximate surface area is 103 Å². The highest BCUT2D eigenvalue weighted by molar-refractivity contribution is 9.10. The molecule has 1 aromatic carbocycles. The van der Waals surface area contributed by atoms with Gasteiger partial charge in [-0.2, -0.15) is 5.10 Å². The van der Waals surface area contributed by atoms with Crippen molar-refractivity contribution in [3.63, 3.8) is 0 Å². The summed E-state index contributed by atoms with van der Waals surface area (Å²) in [6.07, 6.45) is 3.51. The van der Waals surface area contributed by atoms with E-state index in [1.807, 2.05) is 28.9 Å². The van der Waals surface area contributed by atoms with E-state index < -0.39 is 0 Å². The Morgan fingerprint density at radius 2 is 1.94 bits per heavy atom. The topological polar surface area (TPSA) is 30.7 Å². The Hall–Kier alpha value is -1.16. The Morgan fingerprint density at radius 1 is 1.12 bits per heavy atom. The van der Waals surface area contributed by atoms with Crippen LogP contribution in [0, 0.1) is 0 Å². The first-order valence-corrected chi connectivity index (χ1v) is 6.32. The van der Waals surface area contributed by atoms with Crippen LogP contribution in [0.15, 0.2) is 28.7 Å². The highest BCUT2D eigenvalue weighted by Crippen LogP contribution is 2.21. The molecule has 16 heavy (non-hydrogen) atoms. The van der Waals surface area contributed by atoms with Gasteiger partial charge >= 0.3 is 0 Å². The van der Waals surface area contributed by atoms with E-state index in [0.717, 1.165) is 34.7 Å². The molecule has 1 aliphatic rings. The van der Waals surface area contributed by atoms with Gasteiger partial charge in [0.2, 0.25) is 0 Å². The number of hydrogen-bond donors (Lipinski definition) is 0. The minimum Gasteiger partial charge on any atom is -0.249 e. The summed E-state index contributed by atoms with van der Waals surface area (Å²) in [7, 11) is 0. The molecule has 0 radical (unpaired) electrons. The van der Waals surface area contributed by atoms with Gasteiger partial charge in [-0.15, -0.1) is 0 Å². The first-order chi connectivity index (χ1) is 7.83. The number of rotatable bonds is 1. The van der Waals surface area contributed by atoms with Gasteiger partial charge in [0.05, 0.1) is 0 Å². The third kappa shape index (κ3) is 1.78. The zero-order valence-electron chi connectivity index (χ0n) is 8.86. The number of halogens is 1. The predicted molar refractivity (Wildman–Crippen MR) is 66.1 cm³/mol. The second-order valence-electron chi connectivity index (χ2n) is 4.04. The SMILES string of the molecule is Brc1ccc(-c2nc3n(n2)CCCC3)cc1. The number of benzene rings is 1. The Bertz CT molecular complexity index is 478. The fraction of sp³-hybridized carbons (Fsp3) is 0.333. The quantitative estimate of drug-likeness (QED) is 0.802. The van der Waals surface area contributed by atoms with Crippen molar-refractivity contribution in [1.29, 1.82) is 0 Å². The monoisotopic (exact) mass is 277 g/mol. The summed E-state index contributed by atoms with van der Waals surface area (Å²) in [5.41, 5.74) is 1.09. The summed E-state index contributed by atoms with van der Waals surface area (Å²) >= 11 is 3.43. The largest absolute Gasteiger partial charge is 0.249 e.